The molecule has 0 fully saturated rings. The van der Waals surface area contributed by atoms with Crippen LogP contribution in [0.5, 0.6) is 0 Å². The second-order valence-electron chi connectivity index (χ2n) is 4.46. The number of halogens is 2. The number of nitrogen functional groups attached to an aromatic ring is 1. The van der Waals surface area contributed by atoms with E-state index in [0.717, 1.165) is 18.8 Å². The van der Waals surface area contributed by atoms with E-state index >= 15 is 0 Å². The molecule has 18 heavy (non-hydrogen) atoms. The van der Waals surface area contributed by atoms with Crippen LogP contribution in [-0.2, 0) is 13.1 Å². The lowest BCUT2D eigenvalue weighted by Gasteiger charge is -2.21. The minimum atomic E-state index is 0.588. The van der Waals surface area contributed by atoms with Crippen LogP contribution in [-0.4, -0.2) is 0 Å². The second kappa shape index (κ2) is 4.38. The summed E-state index contributed by atoms with van der Waals surface area (Å²) in [6, 6.07) is 11.9. The van der Waals surface area contributed by atoms with E-state index in [9.17, 15) is 0 Å². The van der Waals surface area contributed by atoms with E-state index in [0.29, 0.717) is 15.7 Å². The fourth-order valence-electron chi connectivity index (χ4n) is 2.38. The zero-order chi connectivity index (χ0) is 12.7. The van der Waals surface area contributed by atoms with Gasteiger partial charge >= 0.3 is 0 Å². The van der Waals surface area contributed by atoms with Crippen molar-refractivity contribution >= 4 is 34.6 Å². The number of hydrogen-bond acceptors (Lipinski definition) is 2. The predicted octanol–water partition coefficient (Wildman–Crippen LogP) is 4.10. The van der Waals surface area contributed by atoms with Crippen LogP contribution in [0.25, 0.3) is 0 Å². The first kappa shape index (κ1) is 11.7. The Morgan fingerprint density at radius 3 is 1.94 bits per heavy atom. The van der Waals surface area contributed by atoms with Gasteiger partial charge in [-0.2, -0.15) is 0 Å². The monoisotopic (exact) mass is 278 g/mol. The lowest BCUT2D eigenvalue weighted by Crippen LogP contribution is -2.15. The van der Waals surface area contributed by atoms with E-state index in [4.69, 9.17) is 28.9 Å². The number of hydrogen-bond donors (Lipinski definition) is 1. The standard InChI is InChI=1S/C14H12Cl2N2/c15-12-5-11(17)6-13(16)14(12)18-7-9-3-1-2-4-10(9)8-18/h1-6H,7-8,17H2. The minimum absolute atomic E-state index is 0.588. The molecule has 0 bridgehead atoms. The van der Waals surface area contributed by atoms with Crippen molar-refractivity contribution in [3.05, 3.63) is 57.6 Å². The van der Waals surface area contributed by atoms with Gasteiger partial charge < -0.3 is 10.6 Å². The van der Waals surface area contributed by atoms with Gasteiger partial charge in [-0.3, -0.25) is 0 Å². The maximum atomic E-state index is 6.25. The summed E-state index contributed by atoms with van der Waals surface area (Å²) in [4.78, 5) is 2.18. The van der Waals surface area contributed by atoms with E-state index in [1.165, 1.54) is 11.1 Å². The SMILES string of the molecule is Nc1cc(Cl)c(N2Cc3ccccc3C2)c(Cl)c1. The van der Waals surface area contributed by atoms with Gasteiger partial charge in [0, 0.05) is 18.8 Å². The Bertz CT molecular complexity index is 562. The van der Waals surface area contributed by atoms with Crippen molar-refractivity contribution in [2.24, 2.45) is 0 Å². The van der Waals surface area contributed by atoms with Crippen LogP contribution in [0.1, 0.15) is 11.1 Å². The Morgan fingerprint density at radius 1 is 0.944 bits per heavy atom. The van der Waals surface area contributed by atoms with Crippen molar-refractivity contribution in [2.45, 2.75) is 13.1 Å². The summed E-state index contributed by atoms with van der Waals surface area (Å²) in [6.45, 7) is 1.67. The molecule has 2 N–H and O–H groups in total. The first-order chi connectivity index (χ1) is 8.65. The molecular weight excluding hydrogens is 267 g/mol. The smallest absolute Gasteiger partial charge is 0.0752 e. The molecule has 2 aromatic carbocycles. The molecule has 1 aliphatic heterocycles. The van der Waals surface area contributed by atoms with Gasteiger partial charge in [-0.1, -0.05) is 47.5 Å². The van der Waals surface area contributed by atoms with Crippen LogP contribution in [0.3, 0.4) is 0 Å². The highest BCUT2D eigenvalue weighted by atomic mass is 35.5. The van der Waals surface area contributed by atoms with Crippen molar-refractivity contribution in [1.82, 2.24) is 0 Å². The Hall–Kier alpha value is -1.38. The maximum absolute atomic E-state index is 6.25. The number of nitrogens with zero attached hydrogens (tertiary/aromatic N) is 1. The molecule has 2 nitrogen and oxygen atoms in total. The number of rotatable bonds is 1. The molecule has 1 aliphatic rings. The van der Waals surface area contributed by atoms with Crippen molar-refractivity contribution < 1.29 is 0 Å². The van der Waals surface area contributed by atoms with Gasteiger partial charge in [-0.05, 0) is 23.3 Å². The van der Waals surface area contributed by atoms with Crippen molar-refractivity contribution in [3.8, 4) is 0 Å². The van der Waals surface area contributed by atoms with Gasteiger partial charge in [0.05, 0.1) is 15.7 Å². The van der Waals surface area contributed by atoms with Crippen LogP contribution in [0.2, 0.25) is 10.0 Å². The van der Waals surface area contributed by atoms with Crippen molar-refractivity contribution in [2.75, 3.05) is 10.6 Å². The number of fused-ring (bicyclic) bond motifs is 1. The van der Waals surface area contributed by atoms with E-state index in [1.807, 2.05) is 0 Å². The molecule has 0 amide bonds. The molecule has 0 spiro atoms. The number of nitrogens with two attached hydrogens (primary N) is 1. The molecule has 2 aromatic rings. The first-order valence-corrected chi connectivity index (χ1v) is 6.47. The van der Waals surface area contributed by atoms with Gasteiger partial charge in [0.25, 0.3) is 0 Å². The average molecular weight is 279 g/mol. The van der Waals surface area contributed by atoms with Crippen LogP contribution < -0.4 is 10.6 Å². The van der Waals surface area contributed by atoms with Gasteiger partial charge in [-0.25, -0.2) is 0 Å². The maximum Gasteiger partial charge on any atom is 0.0752 e. The fourth-order valence-corrected chi connectivity index (χ4v) is 3.12. The van der Waals surface area contributed by atoms with Gasteiger partial charge in [0.2, 0.25) is 0 Å². The molecule has 92 valence electrons. The summed E-state index contributed by atoms with van der Waals surface area (Å²) in [6.07, 6.45) is 0. The van der Waals surface area contributed by atoms with Gasteiger partial charge in [-0.15, -0.1) is 0 Å². The molecule has 0 unspecified atom stereocenters. The van der Waals surface area contributed by atoms with Crippen LogP contribution in [0, 0.1) is 0 Å². The van der Waals surface area contributed by atoms with Gasteiger partial charge in [0.15, 0.2) is 0 Å². The Labute approximate surface area is 116 Å². The molecule has 4 heteroatoms. The van der Waals surface area contributed by atoms with Crippen LogP contribution in [0.15, 0.2) is 36.4 Å². The molecule has 1 heterocycles. The van der Waals surface area contributed by atoms with E-state index in [-0.39, 0.29) is 0 Å². The summed E-state index contributed by atoms with van der Waals surface area (Å²) in [5.74, 6) is 0. The zero-order valence-electron chi connectivity index (χ0n) is 9.66. The molecule has 0 atom stereocenters. The Kier molecular flexibility index (Phi) is 2.84. The second-order valence-corrected chi connectivity index (χ2v) is 5.27. The Balaban J connectivity index is 2.00. The highest BCUT2D eigenvalue weighted by molar-refractivity contribution is 6.39. The lowest BCUT2D eigenvalue weighted by molar-refractivity contribution is 0.881. The van der Waals surface area contributed by atoms with E-state index in [2.05, 4.69) is 29.2 Å². The molecule has 0 radical (unpaired) electrons. The zero-order valence-corrected chi connectivity index (χ0v) is 11.2. The fraction of sp³-hybridized carbons (Fsp3) is 0.143. The predicted molar refractivity (Wildman–Crippen MR) is 77.2 cm³/mol. The molecular formula is C14H12Cl2N2. The highest BCUT2D eigenvalue weighted by Gasteiger charge is 2.22. The van der Waals surface area contributed by atoms with E-state index in [1.54, 1.807) is 12.1 Å². The summed E-state index contributed by atoms with van der Waals surface area (Å²) >= 11 is 12.5. The largest absolute Gasteiger partial charge is 0.399 e. The topological polar surface area (TPSA) is 29.3 Å². The summed E-state index contributed by atoms with van der Waals surface area (Å²) < 4.78 is 0. The molecule has 0 aromatic heterocycles. The normalized spacial score (nSPS) is 13.8. The van der Waals surface area contributed by atoms with Crippen LogP contribution >= 0.6 is 23.2 Å². The number of benzene rings is 2. The quantitative estimate of drug-likeness (QED) is 0.796. The van der Waals surface area contributed by atoms with Crippen LogP contribution in [0.4, 0.5) is 11.4 Å². The third kappa shape index (κ3) is 1.92. The Morgan fingerprint density at radius 2 is 1.44 bits per heavy atom. The highest BCUT2D eigenvalue weighted by Crippen LogP contribution is 2.39. The summed E-state index contributed by atoms with van der Waals surface area (Å²) in [7, 11) is 0. The third-order valence-electron chi connectivity index (χ3n) is 3.20. The van der Waals surface area contributed by atoms with Crippen molar-refractivity contribution in [1.29, 1.82) is 0 Å². The molecule has 0 saturated carbocycles. The average Bonchev–Trinajstić information content (AvgIpc) is 2.70. The lowest BCUT2D eigenvalue weighted by atomic mass is 10.1. The first-order valence-electron chi connectivity index (χ1n) is 5.71. The third-order valence-corrected chi connectivity index (χ3v) is 3.77. The molecule has 0 saturated heterocycles. The molecule has 0 aliphatic carbocycles. The molecule has 3 rings (SSSR count). The number of anilines is 2. The minimum Gasteiger partial charge on any atom is -0.399 e. The van der Waals surface area contributed by atoms with E-state index < -0.39 is 0 Å². The summed E-state index contributed by atoms with van der Waals surface area (Å²) in [5, 5.41) is 1.21. The van der Waals surface area contributed by atoms with Crippen molar-refractivity contribution in [3.63, 3.8) is 0 Å². The summed E-state index contributed by atoms with van der Waals surface area (Å²) in [5.41, 5.74) is 9.82. The van der Waals surface area contributed by atoms with Gasteiger partial charge in [0.1, 0.15) is 0 Å².